The Morgan fingerprint density at radius 3 is 2.14 bits per heavy atom. The van der Waals surface area contributed by atoms with Gasteiger partial charge >= 0.3 is 5.89 Å². The van der Waals surface area contributed by atoms with Crippen molar-refractivity contribution in [1.82, 2.24) is 10.6 Å². The fourth-order valence-corrected chi connectivity index (χ4v) is 8.27. The molecule has 2 amide bonds. The largest absolute Gasteiger partial charge is 0.465 e. The van der Waals surface area contributed by atoms with Gasteiger partial charge in [-0.05, 0) is 65.7 Å². The van der Waals surface area contributed by atoms with Crippen molar-refractivity contribution in [3.05, 3.63) is 120 Å². The van der Waals surface area contributed by atoms with E-state index in [1.807, 2.05) is 136 Å². The lowest BCUT2D eigenvalue weighted by Crippen LogP contribution is -2.44. The molecule has 1 unspecified atom stereocenters. The number of carbonyl (C=O) groups is 2. The zero-order valence-electron chi connectivity index (χ0n) is 32.7. The number of benzene rings is 4. The number of aliphatic hydroxyl groups excluding tert-OH is 3. The van der Waals surface area contributed by atoms with Crippen LogP contribution < -0.4 is 35.1 Å². The molecule has 0 saturated carbocycles. The van der Waals surface area contributed by atoms with E-state index in [0.29, 0.717) is 61.5 Å². The number of rotatable bonds is 23. The molecule has 0 fully saturated rings. The molecule has 2 heterocycles. The first-order chi connectivity index (χ1) is 28.9. The van der Waals surface area contributed by atoms with Crippen molar-refractivity contribution in [2.45, 2.75) is 12.8 Å². The molecule has 0 radical (unpaired) electrons. The Kier molecular flexibility index (Phi) is 16.5. The van der Waals surface area contributed by atoms with Gasteiger partial charge in [0.15, 0.2) is 6.23 Å². The Morgan fingerprint density at radius 1 is 0.746 bits per heavy atom. The van der Waals surface area contributed by atoms with Crippen molar-refractivity contribution in [3.8, 4) is 5.75 Å². The van der Waals surface area contributed by atoms with Gasteiger partial charge in [0.2, 0.25) is 18.0 Å². The van der Waals surface area contributed by atoms with Crippen molar-refractivity contribution in [2.24, 2.45) is 0 Å². The van der Waals surface area contributed by atoms with Gasteiger partial charge in [-0.1, -0.05) is 76.2 Å². The van der Waals surface area contributed by atoms with Crippen molar-refractivity contribution in [2.75, 3.05) is 85.7 Å². The number of hydrogen-bond acceptors (Lipinski definition) is 12. The molecule has 1 aliphatic heterocycles. The van der Waals surface area contributed by atoms with E-state index < -0.39 is 6.23 Å². The zero-order valence-corrected chi connectivity index (χ0v) is 34.4. The quantitative estimate of drug-likeness (QED) is 0.0308. The molecule has 0 bridgehead atoms. The monoisotopic (exact) mass is 839 g/mol. The second-order valence-corrected chi connectivity index (χ2v) is 16.1. The third-order valence-corrected chi connectivity index (χ3v) is 11.7. The van der Waals surface area contributed by atoms with Crippen LogP contribution in [0.2, 0.25) is 0 Å². The van der Waals surface area contributed by atoms with E-state index >= 15 is 0 Å². The van der Waals surface area contributed by atoms with Gasteiger partial charge in [-0.2, -0.15) is 0 Å². The Bertz CT molecular complexity index is 2160. The smallest absolute Gasteiger partial charge is 0.374 e. The number of ether oxygens (including phenoxy) is 1. The number of amides is 2. The number of oxazole rings is 1. The molecular formula is C44H51N6O7S2+. The molecule has 59 heavy (non-hydrogen) atoms. The Labute approximate surface area is 352 Å². The second-order valence-electron chi connectivity index (χ2n) is 13.4. The molecule has 1 aromatic heterocycles. The van der Waals surface area contributed by atoms with Crippen LogP contribution in [0.4, 0.5) is 17.1 Å². The van der Waals surface area contributed by atoms with Gasteiger partial charge in [0, 0.05) is 61.7 Å². The van der Waals surface area contributed by atoms with Gasteiger partial charge in [0.25, 0.3) is 11.4 Å². The number of hydrogen-bond donors (Lipinski definition) is 6. The molecular weight excluding hydrogens is 789 g/mol. The van der Waals surface area contributed by atoms with E-state index in [1.54, 1.807) is 21.6 Å². The van der Waals surface area contributed by atoms with Gasteiger partial charge in [-0.3, -0.25) is 9.59 Å². The topological polar surface area (TPSA) is 164 Å². The minimum absolute atomic E-state index is 0.00108. The lowest BCUT2D eigenvalue weighted by molar-refractivity contribution is -0.665. The summed E-state index contributed by atoms with van der Waals surface area (Å²) in [6, 6.07) is 31.0. The molecule has 6 rings (SSSR count). The standard InChI is InChI=1S/C44H50N6O7S2/c51-26-21-45-35-15-9-33(10-16-35)13-19-43-49(37-5-1-3-7-39(37)56-43)31-41(54)46-22-29-58-59-30-23-47-42(55)32-50-38-6-2-4-8-40(38)57-44(50)20-14-34-11-17-36(18-12-34)48(24-27-52)25-28-53/h1-20,44,51-53H,21-32H2,(H2,46,47,54,55)/p+1/b20-14+. The summed E-state index contributed by atoms with van der Waals surface area (Å²) in [5.74, 6) is 2.47. The van der Waals surface area contributed by atoms with Crippen LogP contribution in [-0.2, 0) is 16.1 Å². The number of fused-ring (bicyclic) bond motifs is 2. The first-order valence-electron chi connectivity index (χ1n) is 19.5. The molecule has 15 heteroatoms. The van der Waals surface area contributed by atoms with Crippen LogP contribution in [0.1, 0.15) is 17.0 Å². The van der Waals surface area contributed by atoms with E-state index in [4.69, 9.17) is 14.3 Å². The highest BCUT2D eigenvalue weighted by Crippen LogP contribution is 2.37. The highest BCUT2D eigenvalue weighted by Gasteiger charge is 2.30. The zero-order chi connectivity index (χ0) is 41.2. The highest BCUT2D eigenvalue weighted by atomic mass is 33.1. The summed E-state index contributed by atoms with van der Waals surface area (Å²) in [6.07, 6.45) is 7.23. The second kappa shape index (κ2) is 22.6. The number of nitrogens with one attached hydrogen (secondary N) is 3. The summed E-state index contributed by atoms with van der Waals surface area (Å²) in [7, 11) is 3.28. The van der Waals surface area contributed by atoms with E-state index in [9.17, 15) is 19.8 Å². The Balaban J connectivity index is 0.915. The fourth-order valence-electron chi connectivity index (χ4n) is 6.46. The van der Waals surface area contributed by atoms with E-state index in [2.05, 4.69) is 16.0 Å². The molecule has 5 aromatic rings. The van der Waals surface area contributed by atoms with Crippen molar-refractivity contribution >= 4 is 79.8 Å². The maximum Gasteiger partial charge on any atom is 0.374 e. The van der Waals surface area contributed by atoms with Gasteiger partial charge < -0.3 is 50.2 Å². The molecule has 13 nitrogen and oxygen atoms in total. The summed E-state index contributed by atoms with van der Waals surface area (Å²) in [5.41, 5.74) is 6.14. The average Bonchev–Trinajstić information content (AvgIpc) is 3.79. The average molecular weight is 840 g/mol. The van der Waals surface area contributed by atoms with Crippen LogP contribution in [0.15, 0.2) is 108 Å². The summed E-state index contributed by atoms with van der Waals surface area (Å²) >= 11 is 0. The van der Waals surface area contributed by atoms with Crippen LogP contribution in [0.3, 0.4) is 0 Å². The molecule has 1 atom stereocenters. The maximum atomic E-state index is 13.1. The Hall–Kier alpha value is -5.45. The lowest BCUT2D eigenvalue weighted by Gasteiger charge is -2.23. The summed E-state index contributed by atoms with van der Waals surface area (Å²) in [4.78, 5) is 30.0. The minimum atomic E-state index is -0.462. The molecule has 0 aliphatic carbocycles. The van der Waals surface area contributed by atoms with Gasteiger partial charge in [0.1, 0.15) is 12.3 Å². The van der Waals surface area contributed by atoms with Crippen LogP contribution in [0, 0.1) is 0 Å². The SMILES string of the molecule is O=C(CN1c2ccccc2OC1/C=C/c1ccc(N(CCO)CCO)cc1)NCCSSCCNC(=O)C[n+]1c(/C=C/c2ccc(NCCO)cc2)oc2ccccc21. The van der Waals surface area contributed by atoms with Crippen LogP contribution in [0.25, 0.3) is 29.3 Å². The molecule has 0 saturated heterocycles. The van der Waals surface area contributed by atoms with Crippen molar-refractivity contribution in [3.63, 3.8) is 0 Å². The third kappa shape index (κ3) is 12.5. The third-order valence-electron chi connectivity index (χ3n) is 9.30. The van der Waals surface area contributed by atoms with Gasteiger partial charge in [0.05, 0.1) is 31.6 Å². The normalized spacial score (nSPS) is 13.5. The number of anilines is 3. The molecule has 1 aliphatic rings. The maximum absolute atomic E-state index is 13.1. The van der Waals surface area contributed by atoms with E-state index in [0.717, 1.165) is 33.7 Å². The first-order valence-corrected chi connectivity index (χ1v) is 22.0. The number of aliphatic hydroxyl groups is 3. The lowest BCUT2D eigenvalue weighted by atomic mass is 10.1. The Morgan fingerprint density at radius 2 is 1.41 bits per heavy atom. The predicted octanol–water partition coefficient (Wildman–Crippen LogP) is 4.64. The van der Waals surface area contributed by atoms with Crippen molar-refractivity contribution in [1.29, 1.82) is 0 Å². The summed E-state index contributed by atoms with van der Waals surface area (Å²) in [6.45, 7) is 2.67. The number of para-hydroxylation sites is 4. The van der Waals surface area contributed by atoms with E-state index in [-0.39, 0.29) is 44.7 Å². The number of nitrogens with zero attached hydrogens (tertiary/aromatic N) is 3. The van der Waals surface area contributed by atoms with Gasteiger partial charge in [-0.25, -0.2) is 0 Å². The first kappa shape index (κ1) is 43.1. The van der Waals surface area contributed by atoms with Gasteiger partial charge in [-0.15, -0.1) is 4.57 Å². The molecule has 0 spiro atoms. The summed E-state index contributed by atoms with van der Waals surface area (Å²) in [5, 5.41) is 36.9. The predicted molar refractivity (Wildman–Crippen MR) is 238 cm³/mol. The minimum Gasteiger partial charge on any atom is -0.465 e. The summed E-state index contributed by atoms with van der Waals surface area (Å²) < 4.78 is 14.2. The molecule has 4 aromatic carbocycles. The van der Waals surface area contributed by atoms with Crippen LogP contribution in [-0.4, -0.2) is 104 Å². The molecule has 6 N–H and O–H groups in total. The van der Waals surface area contributed by atoms with Crippen molar-refractivity contribution < 1.29 is 38.6 Å². The van der Waals surface area contributed by atoms with E-state index in [1.165, 1.54) is 0 Å². The fraction of sp³-hybridized carbons (Fsp3) is 0.295. The van der Waals surface area contributed by atoms with Crippen LogP contribution >= 0.6 is 21.6 Å². The highest BCUT2D eigenvalue weighted by molar-refractivity contribution is 8.76. The number of carbonyl (C=O) groups excluding carboxylic acids is 2. The number of aromatic nitrogens is 1. The van der Waals surface area contributed by atoms with Crippen LogP contribution in [0.5, 0.6) is 5.75 Å². The molecule has 310 valence electrons.